The number of aliphatic hydroxyl groups excluding tert-OH is 1. The molecule has 0 spiro atoms. The molecule has 3 rings (SSSR count). The third-order valence-electron chi connectivity index (χ3n) is 4.74. The molecule has 2 atom stereocenters. The van der Waals surface area contributed by atoms with E-state index in [0.717, 1.165) is 16.8 Å². The summed E-state index contributed by atoms with van der Waals surface area (Å²) in [5.74, 6) is -0.0498. The summed E-state index contributed by atoms with van der Waals surface area (Å²) in [6.45, 7) is 6.24. The fourth-order valence-corrected chi connectivity index (χ4v) is 3.63. The lowest BCUT2D eigenvalue weighted by Crippen LogP contribution is -2.53. The van der Waals surface area contributed by atoms with Crippen molar-refractivity contribution >= 4 is 17.3 Å². The third-order valence-corrected chi connectivity index (χ3v) is 5.09. The molecule has 11 heteroatoms. The smallest absolute Gasteiger partial charge is 0.392 e. The number of hydrogen-bond acceptors (Lipinski definition) is 6. The van der Waals surface area contributed by atoms with Gasteiger partial charge in [0.05, 0.1) is 23.6 Å². The fourth-order valence-electron chi connectivity index (χ4n) is 3.40. The molecule has 1 aliphatic rings. The fraction of sp³-hybridized carbons (Fsp3) is 0.500. The van der Waals surface area contributed by atoms with Gasteiger partial charge in [-0.1, -0.05) is 11.6 Å². The average molecular weight is 432 g/mol. The summed E-state index contributed by atoms with van der Waals surface area (Å²) in [5.41, 5.74) is -1.11. The molecule has 0 amide bonds. The van der Waals surface area contributed by atoms with Crippen LogP contribution in [0, 0.1) is 0 Å². The highest BCUT2D eigenvalue weighted by atomic mass is 35.5. The minimum absolute atomic E-state index is 0.0289. The zero-order valence-corrected chi connectivity index (χ0v) is 16.7. The number of alkyl halides is 3. The SMILES string of the molecule is CC(O)CN1CCN(c2cnn(-c3ccc(C(F)(F)F)cn3)c(=O)c2Cl)C(C)C1. The number of hydrogen-bond donors (Lipinski definition) is 1. The van der Waals surface area contributed by atoms with Gasteiger partial charge in [0.25, 0.3) is 5.56 Å². The van der Waals surface area contributed by atoms with Crippen LogP contribution in [0.25, 0.3) is 5.82 Å². The lowest BCUT2D eigenvalue weighted by atomic mass is 10.1. The molecule has 29 heavy (non-hydrogen) atoms. The van der Waals surface area contributed by atoms with Crippen molar-refractivity contribution < 1.29 is 18.3 Å². The van der Waals surface area contributed by atoms with Gasteiger partial charge < -0.3 is 10.0 Å². The van der Waals surface area contributed by atoms with E-state index >= 15 is 0 Å². The first kappa shape index (κ1) is 21.5. The van der Waals surface area contributed by atoms with E-state index in [4.69, 9.17) is 11.6 Å². The van der Waals surface area contributed by atoms with Crippen molar-refractivity contribution in [1.29, 1.82) is 0 Å². The Kier molecular flexibility index (Phi) is 6.16. The standard InChI is InChI=1S/C18H21ClF3N5O2/c1-11-9-25(10-12(2)28)5-6-26(11)14-8-24-27(17(29)16(14)19)15-4-3-13(7-23-15)18(20,21)22/h3-4,7-8,11-12,28H,5-6,9-10H2,1-2H3. The van der Waals surface area contributed by atoms with E-state index in [1.807, 2.05) is 11.8 Å². The number of rotatable bonds is 4. The average Bonchev–Trinajstić information content (AvgIpc) is 2.63. The number of aliphatic hydroxyl groups is 1. The summed E-state index contributed by atoms with van der Waals surface area (Å²) in [6, 6.07) is 1.94. The zero-order valence-electron chi connectivity index (χ0n) is 15.9. The van der Waals surface area contributed by atoms with E-state index in [0.29, 0.717) is 38.1 Å². The number of aromatic nitrogens is 3. The first-order valence-electron chi connectivity index (χ1n) is 9.06. The van der Waals surface area contributed by atoms with Crippen LogP contribution in [0.4, 0.5) is 18.9 Å². The molecule has 1 N–H and O–H groups in total. The minimum Gasteiger partial charge on any atom is -0.392 e. The first-order valence-corrected chi connectivity index (χ1v) is 9.44. The van der Waals surface area contributed by atoms with Crippen LogP contribution in [-0.2, 0) is 6.18 Å². The number of halogens is 4. The highest BCUT2D eigenvalue weighted by Gasteiger charge is 2.31. The van der Waals surface area contributed by atoms with Gasteiger partial charge in [-0.3, -0.25) is 9.69 Å². The number of anilines is 1. The van der Waals surface area contributed by atoms with Crippen LogP contribution in [0.3, 0.4) is 0 Å². The van der Waals surface area contributed by atoms with E-state index in [1.165, 1.54) is 6.20 Å². The molecule has 1 saturated heterocycles. The first-order chi connectivity index (χ1) is 13.6. The van der Waals surface area contributed by atoms with Gasteiger partial charge in [0.15, 0.2) is 5.82 Å². The van der Waals surface area contributed by atoms with Crippen molar-refractivity contribution in [2.24, 2.45) is 0 Å². The van der Waals surface area contributed by atoms with Crippen molar-refractivity contribution in [2.75, 3.05) is 31.1 Å². The third kappa shape index (κ3) is 4.71. The monoisotopic (exact) mass is 431 g/mol. The van der Waals surface area contributed by atoms with Crippen molar-refractivity contribution in [2.45, 2.75) is 32.2 Å². The second-order valence-electron chi connectivity index (χ2n) is 7.11. The van der Waals surface area contributed by atoms with Crippen molar-refractivity contribution in [3.8, 4) is 5.82 Å². The van der Waals surface area contributed by atoms with Crippen LogP contribution in [0.15, 0.2) is 29.3 Å². The van der Waals surface area contributed by atoms with Gasteiger partial charge in [-0.15, -0.1) is 0 Å². The molecule has 158 valence electrons. The Morgan fingerprint density at radius 1 is 1.31 bits per heavy atom. The quantitative estimate of drug-likeness (QED) is 0.800. The van der Waals surface area contributed by atoms with Crippen LogP contribution < -0.4 is 10.5 Å². The number of β-amino-alcohol motifs (C(OH)–C–C–N with tert-alkyl or cyclic N) is 1. The Hall–Kier alpha value is -2.17. The summed E-state index contributed by atoms with van der Waals surface area (Å²) in [7, 11) is 0. The molecule has 0 aliphatic carbocycles. The minimum atomic E-state index is -4.52. The van der Waals surface area contributed by atoms with Gasteiger partial charge in [0.2, 0.25) is 0 Å². The topological polar surface area (TPSA) is 74.5 Å². The lowest BCUT2D eigenvalue weighted by Gasteiger charge is -2.41. The molecule has 2 aromatic rings. The maximum Gasteiger partial charge on any atom is 0.417 e. The van der Waals surface area contributed by atoms with Crippen LogP contribution in [0.2, 0.25) is 5.02 Å². The van der Waals surface area contributed by atoms with E-state index in [2.05, 4.69) is 15.0 Å². The van der Waals surface area contributed by atoms with Gasteiger partial charge >= 0.3 is 6.18 Å². The van der Waals surface area contributed by atoms with Gasteiger partial charge in [0, 0.05) is 38.4 Å². The molecule has 2 unspecified atom stereocenters. The van der Waals surface area contributed by atoms with Gasteiger partial charge in [-0.25, -0.2) is 4.98 Å². The molecule has 1 aliphatic heterocycles. The lowest BCUT2D eigenvalue weighted by molar-refractivity contribution is -0.137. The predicted molar refractivity (Wildman–Crippen MR) is 103 cm³/mol. The Morgan fingerprint density at radius 3 is 2.59 bits per heavy atom. The highest BCUT2D eigenvalue weighted by Crippen LogP contribution is 2.29. The maximum absolute atomic E-state index is 12.7. The van der Waals surface area contributed by atoms with Crippen molar-refractivity contribution in [3.05, 3.63) is 45.5 Å². The van der Waals surface area contributed by atoms with E-state index in [-0.39, 0.29) is 16.9 Å². The second kappa shape index (κ2) is 8.29. The second-order valence-corrected chi connectivity index (χ2v) is 7.49. The Morgan fingerprint density at radius 2 is 2.03 bits per heavy atom. The van der Waals surface area contributed by atoms with Gasteiger partial charge in [0.1, 0.15) is 5.02 Å². The molecule has 0 radical (unpaired) electrons. The van der Waals surface area contributed by atoms with E-state index in [9.17, 15) is 23.1 Å². The molecule has 0 saturated carbocycles. The maximum atomic E-state index is 12.7. The molecular weight excluding hydrogens is 411 g/mol. The van der Waals surface area contributed by atoms with Crippen molar-refractivity contribution in [3.63, 3.8) is 0 Å². The molecule has 2 aromatic heterocycles. The summed E-state index contributed by atoms with van der Waals surface area (Å²) < 4.78 is 38.9. The molecular formula is C18H21ClF3N5O2. The van der Waals surface area contributed by atoms with E-state index in [1.54, 1.807) is 6.92 Å². The number of piperazine rings is 1. The molecule has 3 heterocycles. The van der Waals surface area contributed by atoms with Crippen LogP contribution >= 0.6 is 11.6 Å². The molecule has 7 nitrogen and oxygen atoms in total. The van der Waals surface area contributed by atoms with E-state index < -0.39 is 23.4 Å². The van der Waals surface area contributed by atoms with Crippen LogP contribution in [0.1, 0.15) is 19.4 Å². The summed E-state index contributed by atoms with van der Waals surface area (Å²) >= 11 is 6.30. The van der Waals surface area contributed by atoms with Crippen LogP contribution in [0.5, 0.6) is 0 Å². The summed E-state index contributed by atoms with van der Waals surface area (Å²) in [6.07, 6.45) is -2.88. The van der Waals surface area contributed by atoms with Crippen molar-refractivity contribution in [1.82, 2.24) is 19.7 Å². The summed E-state index contributed by atoms with van der Waals surface area (Å²) in [4.78, 5) is 20.4. The Bertz CT molecular complexity index is 917. The highest BCUT2D eigenvalue weighted by molar-refractivity contribution is 6.33. The number of nitrogens with zero attached hydrogens (tertiary/aromatic N) is 5. The zero-order chi connectivity index (χ0) is 21.3. The largest absolute Gasteiger partial charge is 0.417 e. The molecule has 0 bridgehead atoms. The summed E-state index contributed by atoms with van der Waals surface area (Å²) in [5, 5.41) is 13.5. The molecule has 1 fully saturated rings. The van der Waals surface area contributed by atoms with Gasteiger partial charge in [-0.2, -0.15) is 23.0 Å². The predicted octanol–water partition coefficient (Wildman–Crippen LogP) is 2.19. The Balaban J connectivity index is 1.84. The molecule has 0 aromatic carbocycles. The van der Waals surface area contributed by atoms with Gasteiger partial charge in [-0.05, 0) is 26.0 Å². The number of pyridine rings is 1. The van der Waals surface area contributed by atoms with Crippen LogP contribution in [-0.4, -0.2) is 63.1 Å². The normalized spacial score (nSPS) is 19.4. The Labute approximate surface area is 170 Å².